The minimum absolute atomic E-state index is 0.00273. The molecule has 1 unspecified atom stereocenters. The monoisotopic (exact) mass is 434 g/mol. The van der Waals surface area contributed by atoms with Gasteiger partial charge >= 0.3 is 0 Å². The molecule has 4 rings (SSSR count). The third-order valence-corrected chi connectivity index (χ3v) is 5.56. The molecule has 0 saturated carbocycles. The lowest BCUT2D eigenvalue weighted by atomic mass is 10.1. The Kier molecular flexibility index (Phi) is 6.11. The Balaban J connectivity index is 1.37. The number of aryl methyl sites for hydroxylation is 1. The van der Waals surface area contributed by atoms with Crippen molar-refractivity contribution in [2.75, 3.05) is 13.1 Å². The molecule has 8 heteroatoms. The summed E-state index contributed by atoms with van der Waals surface area (Å²) in [4.78, 5) is 34.7. The second kappa shape index (κ2) is 9.13. The second-order valence-corrected chi connectivity index (χ2v) is 7.73. The lowest BCUT2D eigenvalue weighted by Crippen LogP contribution is -2.28. The number of likely N-dealkylation sites (tertiary alicyclic amines) is 1. The first-order chi connectivity index (χ1) is 15.4. The number of ether oxygens (including phenoxy) is 1. The number of hydrogen-bond acceptors (Lipinski definition) is 5. The summed E-state index contributed by atoms with van der Waals surface area (Å²) >= 11 is 0. The average molecular weight is 434 g/mol. The lowest BCUT2D eigenvalue weighted by molar-refractivity contribution is 0.0790. The van der Waals surface area contributed by atoms with Gasteiger partial charge in [-0.05, 0) is 43.7 Å². The van der Waals surface area contributed by atoms with E-state index in [0.29, 0.717) is 47.0 Å². The molecule has 0 bridgehead atoms. The van der Waals surface area contributed by atoms with Crippen LogP contribution in [0.5, 0.6) is 5.75 Å². The first-order valence-corrected chi connectivity index (χ1v) is 10.3. The summed E-state index contributed by atoms with van der Waals surface area (Å²) in [6, 6.07) is 13.3. The molecule has 164 valence electrons. The SMILES string of the molecule is Cc1nc(C2CCN(C(=O)c3ccc(OCc4ccccc4F)cc3)C2)ncc1C(N)=O. The number of halogens is 1. The molecule has 32 heavy (non-hydrogen) atoms. The molecule has 1 aliphatic rings. The van der Waals surface area contributed by atoms with Crippen molar-refractivity contribution in [3.8, 4) is 5.75 Å². The van der Waals surface area contributed by atoms with Crippen molar-refractivity contribution in [2.45, 2.75) is 25.9 Å². The first kappa shape index (κ1) is 21.4. The fraction of sp³-hybridized carbons (Fsp3) is 0.250. The number of hydrogen-bond donors (Lipinski definition) is 1. The highest BCUT2D eigenvalue weighted by Crippen LogP contribution is 2.27. The van der Waals surface area contributed by atoms with Gasteiger partial charge in [-0.2, -0.15) is 0 Å². The molecule has 2 heterocycles. The van der Waals surface area contributed by atoms with Gasteiger partial charge in [-0.15, -0.1) is 0 Å². The topological polar surface area (TPSA) is 98.4 Å². The standard InChI is InChI=1S/C24H23FN4O3/c1-15-20(22(26)30)12-27-23(28-15)17-10-11-29(13-17)24(31)16-6-8-19(9-7-16)32-14-18-4-2-3-5-21(18)25/h2-9,12,17H,10-11,13-14H2,1H3,(H2,26,30). The van der Waals surface area contributed by atoms with E-state index in [1.165, 1.54) is 12.3 Å². The normalized spacial score (nSPS) is 15.6. The largest absolute Gasteiger partial charge is 0.489 e. The number of benzene rings is 2. The second-order valence-electron chi connectivity index (χ2n) is 7.73. The quantitative estimate of drug-likeness (QED) is 0.642. The number of primary amides is 1. The molecule has 1 atom stereocenters. The predicted molar refractivity (Wildman–Crippen MR) is 116 cm³/mol. The molecule has 0 spiro atoms. The molecule has 0 radical (unpaired) electrons. The van der Waals surface area contributed by atoms with E-state index < -0.39 is 5.91 Å². The van der Waals surface area contributed by atoms with Crippen molar-refractivity contribution in [3.63, 3.8) is 0 Å². The Hall–Kier alpha value is -3.81. The van der Waals surface area contributed by atoms with Crippen molar-refractivity contribution < 1.29 is 18.7 Å². The Bertz CT molecular complexity index is 1150. The maximum absolute atomic E-state index is 13.7. The smallest absolute Gasteiger partial charge is 0.253 e. The minimum Gasteiger partial charge on any atom is -0.489 e. The number of carbonyl (C=O) groups excluding carboxylic acids is 2. The summed E-state index contributed by atoms with van der Waals surface area (Å²) in [7, 11) is 0. The zero-order valence-electron chi connectivity index (χ0n) is 17.6. The van der Waals surface area contributed by atoms with Crippen LogP contribution in [-0.4, -0.2) is 39.8 Å². The number of nitrogens with zero attached hydrogens (tertiary/aromatic N) is 3. The zero-order valence-corrected chi connectivity index (χ0v) is 17.6. The van der Waals surface area contributed by atoms with Crippen LogP contribution in [0.1, 0.15) is 50.1 Å². The van der Waals surface area contributed by atoms with Crippen LogP contribution >= 0.6 is 0 Å². The van der Waals surface area contributed by atoms with Crippen molar-refractivity contribution in [1.82, 2.24) is 14.9 Å². The minimum atomic E-state index is -0.557. The fourth-order valence-corrected chi connectivity index (χ4v) is 3.73. The third kappa shape index (κ3) is 4.59. The molecule has 2 aromatic carbocycles. The van der Waals surface area contributed by atoms with Crippen LogP contribution in [0, 0.1) is 12.7 Å². The van der Waals surface area contributed by atoms with Crippen LogP contribution < -0.4 is 10.5 Å². The molecule has 1 aliphatic heterocycles. The lowest BCUT2D eigenvalue weighted by Gasteiger charge is -2.17. The van der Waals surface area contributed by atoms with E-state index in [2.05, 4.69) is 9.97 Å². The Labute approximate surface area is 185 Å². The fourth-order valence-electron chi connectivity index (χ4n) is 3.73. The molecule has 1 aromatic heterocycles. The van der Waals surface area contributed by atoms with Gasteiger partial charge in [-0.1, -0.05) is 18.2 Å². The van der Waals surface area contributed by atoms with Crippen molar-refractivity contribution in [2.24, 2.45) is 5.73 Å². The van der Waals surface area contributed by atoms with Gasteiger partial charge in [0.15, 0.2) is 0 Å². The van der Waals surface area contributed by atoms with Crippen LogP contribution in [0.2, 0.25) is 0 Å². The zero-order chi connectivity index (χ0) is 22.7. The van der Waals surface area contributed by atoms with Gasteiger partial charge in [-0.3, -0.25) is 9.59 Å². The molecule has 0 aliphatic carbocycles. The summed E-state index contributed by atoms with van der Waals surface area (Å²) in [6.07, 6.45) is 2.19. The molecule has 2 amide bonds. The highest BCUT2D eigenvalue weighted by atomic mass is 19.1. The number of amides is 2. The summed E-state index contributed by atoms with van der Waals surface area (Å²) in [6.45, 7) is 2.93. The summed E-state index contributed by atoms with van der Waals surface area (Å²) in [5.74, 6) is 0.216. The van der Waals surface area contributed by atoms with E-state index in [9.17, 15) is 14.0 Å². The Morgan fingerprint density at radius 2 is 1.94 bits per heavy atom. The van der Waals surface area contributed by atoms with Crippen molar-refractivity contribution in [3.05, 3.63) is 88.8 Å². The van der Waals surface area contributed by atoms with Crippen molar-refractivity contribution in [1.29, 1.82) is 0 Å². The maximum atomic E-state index is 13.7. The summed E-state index contributed by atoms with van der Waals surface area (Å²) in [5, 5.41) is 0. The van der Waals surface area contributed by atoms with E-state index in [1.54, 1.807) is 54.3 Å². The van der Waals surface area contributed by atoms with Gasteiger partial charge in [0.25, 0.3) is 11.8 Å². The predicted octanol–water partition coefficient (Wildman–Crippen LogP) is 3.23. The first-order valence-electron chi connectivity index (χ1n) is 10.3. The van der Waals surface area contributed by atoms with Gasteiger partial charge in [-0.25, -0.2) is 14.4 Å². The number of aromatic nitrogens is 2. The average Bonchev–Trinajstić information content (AvgIpc) is 3.28. The summed E-state index contributed by atoms with van der Waals surface area (Å²) < 4.78 is 19.3. The van der Waals surface area contributed by atoms with E-state index in [1.807, 2.05) is 0 Å². The van der Waals surface area contributed by atoms with E-state index >= 15 is 0 Å². The van der Waals surface area contributed by atoms with Crippen LogP contribution in [0.3, 0.4) is 0 Å². The highest BCUT2D eigenvalue weighted by molar-refractivity contribution is 5.94. The van der Waals surface area contributed by atoms with E-state index in [0.717, 1.165) is 6.42 Å². The van der Waals surface area contributed by atoms with Crippen molar-refractivity contribution >= 4 is 11.8 Å². The molecule has 1 fully saturated rings. The number of nitrogens with two attached hydrogens (primary N) is 1. The van der Waals surface area contributed by atoms with Gasteiger partial charge in [0.2, 0.25) is 0 Å². The molecule has 2 N–H and O–H groups in total. The van der Waals surface area contributed by atoms with Gasteiger partial charge in [0, 0.05) is 36.3 Å². The molecule has 3 aromatic rings. The highest BCUT2D eigenvalue weighted by Gasteiger charge is 2.30. The maximum Gasteiger partial charge on any atom is 0.253 e. The van der Waals surface area contributed by atoms with Crippen LogP contribution in [-0.2, 0) is 6.61 Å². The third-order valence-electron chi connectivity index (χ3n) is 5.56. The Morgan fingerprint density at radius 3 is 2.62 bits per heavy atom. The molecule has 7 nitrogen and oxygen atoms in total. The van der Waals surface area contributed by atoms with E-state index in [-0.39, 0.29) is 24.2 Å². The molecular formula is C24H23FN4O3. The Morgan fingerprint density at radius 1 is 1.19 bits per heavy atom. The van der Waals surface area contributed by atoms with Gasteiger partial charge < -0.3 is 15.4 Å². The van der Waals surface area contributed by atoms with Gasteiger partial charge in [0.1, 0.15) is 24.0 Å². The van der Waals surface area contributed by atoms with E-state index in [4.69, 9.17) is 10.5 Å². The van der Waals surface area contributed by atoms with Gasteiger partial charge in [0.05, 0.1) is 11.3 Å². The molecule has 1 saturated heterocycles. The number of carbonyl (C=O) groups is 2. The number of rotatable bonds is 6. The van der Waals surface area contributed by atoms with Crippen LogP contribution in [0.25, 0.3) is 0 Å². The van der Waals surface area contributed by atoms with Crippen LogP contribution in [0.4, 0.5) is 4.39 Å². The van der Waals surface area contributed by atoms with Crippen LogP contribution in [0.15, 0.2) is 54.7 Å². The molecular weight excluding hydrogens is 411 g/mol. The summed E-state index contributed by atoms with van der Waals surface area (Å²) in [5.41, 5.74) is 7.17.